The lowest BCUT2D eigenvalue weighted by Gasteiger charge is -2.22. The summed E-state index contributed by atoms with van der Waals surface area (Å²) in [6.45, 7) is 4.91. The molecule has 0 rings (SSSR count). The Balaban J connectivity index is 3.49. The number of hydrogen-bond donors (Lipinski definition) is 3. The van der Waals surface area contributed by atoms with Crippen LogP contribution in [0.2, 0.25) is 0 Å². The highest BCUT2D eigenvalue weighted by atomic mass is 16.5. The van der Waals surface area contributed by atoms with Crippen LogP contribution in [-0.2, 0) is 14.3 Å². The minimum absolute atomic E-state index is 0.0205. The highest BCUT2D eigenvalue weighted by molar-refractivity contribution is 5.76. The Bertz CT molecular complexity index is 1010. The molecule has 0 heterocycles. The molecule has 0 aliphatic rings. The highest BCUT2D eigenvalue weighted by Crippen LogP contribution is 2.17. The number of allylic oxidation sites excluding steroid dienone is 4. The van der Waals surface area contributed by atoms with Gasteiger partial charge in [0.05, 0.1) is 25.4 Å². The molecule has 0 aliphatic carbocycles. The van der Waals surface area contributed by atoms with Gasteiger partial charge < -0.3 is 20.3 Å². The predicted molar refractivity (Wildman–Crippen MR) is 283 cm³/mol. The predicted octanol–water partition coefficient (Wildman–Crippen LogP) is 17.9. The lowest BCUT2D eigenvalue weighted by Crippen LogP contribution is -2.45. The summed E-state index contributed by atoms with van der Waals surface area (Å²) in [5.41, 5.74) is 0. The van der Waals surface area contributed by atoms with Crippen molar-refractivity contribution < 1.29 is 24.5 Å². The molecule has 0 bridgehead atoms. The van der Waals surface area contributed by atoms with Crippen LogP contribution in [0.4, 0.5) is 0 Å². The third-order valence-corrected chi connectivity index (χ3v) is 13.5. The Morgan fingerprint density at radius 3 is 1.11 bits per heavy atom. The van der Waals surface area contributed by atoms with Crippen LogP contribution < -0.4 is 5.32 Å². The van der Waals surface area contributed by atoms with Gasteiger partial charge in [-0.25, -0.2) is 0 Å². The van der Waals surface area contributed by atoms with Crippen molar-refractivity contribution in [1.29, 1.82) is 0 Å². The van der Waals surface area contributed by atoms with E-state index >= 15 is 0 Å². The van der Waals surface area contributed by atoms with Gasteiger partial charge in [0.15, 0.2) is 0 Å². The SMILES string of the molecule is CCCCCCC/C=C\CCCCCCCC(=O)OCCCCCCCC/C=C\CCCCCC(=O)NC(CO)C(O)CCCCCCCCCCCCCCCCCCCCCCC. The number of carbonyl (C=O) groups excluding carboxylic acids is 2. The zero-order chi connectivity index (χ0) is 47.2. The fourth-order valence-corrected chi connectivity index (χ4v) is 8.98. The maximum atomic E-state index is 12.5. The van der Waals surface area contributed by atoms with Crippen LogP contribution in [0.1, 0.15) is 316 Å². The van der Waals surface area contributed by atoms with E-state index in [2.05, 4.69) is 43.5 Å². The quantitative estimate of drug-likeness (QED) is 0.0321. The van der Waals surface area contributed by atoms with Gasteiger partial charge in [-0.3, -0.25) is 9.59 Å². The fraction of sp³-hybridized carbons (Fsp3) is 0.898. The van der Waals surface area contributed by atoms with Gasteiger partial charge in [0.2, 0.25) is 5.91 Å². The third-order valence-electron chi connectivity index (χ3n) is 13.5. The van der Waals surface area contributed by atoms with Crippen LogP contribution in [0.3, 0.4) is 0 Å². The second-order valence-corrected chi connectivity index (χ2v) is 20.0. The van der Waals surface area contributed by atoms with Gasteiger partial charge in [-0.05, 0) is 77.0 Å². The fourth-order valence-electron chi connectivity index (χ4n) is 8.98. The highest BCUT2D eigenvalue weighted by Gasteiger charge is 2.20. The molecule has 0 aromatic carbocycles. The molecule has 65 heavy (non-hydrogen) atoms. The van der Waals surface area contributed by atoms with E-state index in [0.29, 0.717) is 25.9 Å². The smallest absolute Gasteiger partial charge is 0.305 e. The van der Waals surface area contributed by atoms with Crippen molar-refractivity contribution in [2.75, 3.05) is 13.2 Å². The average Bonchev–Trinajstić information content (AvgIpc) is 3.31. The number of hydrogen-bond acceptors (Lipinski definition) is 5. The van der Waals surface area contributed by atoms with Gasteiger partial charge in [0, 0.05) is 12.8 Å². The number of amides is 1. The molecule has 0 aliphatic heterocycles. The van der Waals surface area contributed by atoms with Crippen LogP contribution in [-0.4, -0.2) is 47.4 Å². The number of esters is 1. The van der Waals surface area contributed by atoms with E-state index in [4.69, 9.17) is 4.74 Å². The minimum atomic E-state index is -0.682. The van der Waals surface area contributed by atoms with Gasteiger partial charge >= 0.3 is 5.97 Å². The summed E-state index contributed by atoms with van der Waals surface area (Å²) in [5, 5.41) is 23.3. The minimum Gasteiger partial charge on any atom is -0.466 e. The van der Waals surface area contributed by atoms with E-state index in [1.54, 1.807) is 0 Å². The van der Waals surface area contributed by atoms with Crippen LogP contribution in [0.15, 0.2) is 24.3 Å². The normalized spacial score (nSPS) is 12.7. The average molecular weight is 917 g/mol. The zero-order valence-corrected chi connectivity index (χ0v) is 43.7. The lowest BCUT2D eigenvalue weighted by molar-refractivity contribution is -0.143. The summed E-state index contributed by atoms with van der Waals surface area (Å²) in [4.78, 5) is 24.5. The van der Waals surface area contributed by atoms with E-state index in [0.717, 1.165) is 70.6 Å². The molecule has 0 aromatic heterocycles. The van der Waals surface area contributed by atoms with Crippen molar-refractivity contribution in [3.63, 3.8) is 0 Å². The summed E-state index contributed by atoms with van der Waals surface area (Å²) in [6.07, 6.45) is 65.9. The molecule has 384 valence electrons. The Morgan fingerprint density at radius 1 is 0.415 bits per heavy atom. The largest absolute Gasteiger partial charge is 0.466 e. The number of aliphatic hydroxyl groups excluding tert-OH is 2. The Morgan fingerprint density at radius 2 is 0.723 bits per heavy atom. The monoisotopic (exact) mass is 916 g/mol. The Hall–Kier alpha value is -1.66. The van der Waals surface area contributed by atoms with Gasteiger partial charge in [-0.15, -0.1) is 0 Å². The molecule has 6 nitrogen and oxygen atoms in total. The Labute approximate surface area is 405 Å². The van der Waals surface area contributed by atoms with Crippen LogP contribution >= 0.6 is 0 Å². The van der Waals surface area contributed by atoms with Crippen molar-refractivity contribution in [2.45, 2.75) is 328 Å². The lowest BCUT2D eigenvalue weighted by atomic mass is 10.0. The molecule has 1 amide bonds. The number of rotatable bonds is 54. The first-order valence-electron chi connectivity index (χ1n) is 29.1. The first-order valence-corrected chi connectivity index (χ1v) is 29.1. The second-order valence-electron chi connectivity index (χ2n) is 20.0. The third kappa shape index (κ3) is 51.6. The molecular weight excluding hydrogens is 803 g/mol. The number of ether oxygens (including phenoxy) is 1. The molecule has 0 spiro atoms. The molecule has 2 atom stereocenters. The topological polar surface area (TPSA) is 95.9 Å². The maximum Gasteiger partial charge on any atom is 0.305 e. The summed E-state index contributed by atoms with van der Waals surface area (Å²) < 4.78 is 5.46. The molecule has 0 aromatic rings. The summed E-state index contributed by atoms with van der Waals surface area (Å²) in [5.74, 6) is -0.0832. The molecule has 0 saturated heterocycles. The Kier molecular flexibility index (Phi) is 53.5. The van der Waals surface area contributed by atoms with Gasteiger partial charge in [-0.1, -0.05) is 250 Å². The number of unbranched alkanes of at least 4 members (excludes halogenated alkanes) is 39. The van der Waals surface area contributed by atoms with Gasteiger partial charge in [-0.2, -0.15) is 0 Å². The van der Waals surface area contributed by atoms with Crippen LogP contribution in [0.25, 0.3) is 0 Å². The van der Waals surface area contributed by atoms with Crippen molar-refractivity contribution in [3.05, 3.63) is 24.3 Å². The first kappa shape index (κ1) is 63.3. The van der Waals surface area contributed by atoms with Crippen molar-refractivity contribution in [2.24, 2.45) is 0 Å². The molecule has 6 heteroatoms. The van der Waals surface area contributed by atoms with Crippen molar-refractivity contribution in [3.8, 4) is 0 Å². The van der Waals surface area contributed by atoms with Crippen molar-refractivity contribution in [1.82, 2.24) is 5.32 Å². The molecule has 0 fully saturated rings. The van der Waals surface area contributed by atoms with Crippen LogP contribution in [0.5, 0.6) is 0 Å². The zero-order valence-electron chi connectivity index (χ0n) is 43.7. The molecule has 0 saturated carbocycles. The molecule has 3 N–H and O–H groups in total. The van der Waals surface area contributed by atoms with Gasteiger partial charge in [0.25, 0.3) is 0 Å². The van der Waals surface area contributed by atoms with Crippen LogP contribution in [0, 0.1) is 0 Å². The number of nitrogens with one attached hydrogen (secondary N) is 1. The summed E-state index contributed by atoms with van der Waals surface area (Å²) in [6, 6.07) is -0.563. The van der Waals surface area contributed by atoms with E-state index in [1.165, 1.54) is 212 Å². The van der Waals surface area contributed by atoms with E-state index in [9.17, 15) is 19.8 Å². The van der Waals surface area contributed by atoms with Gasteiger partial charge in [0.1, 0.15) is 0 Å². The number of aliphatic hydroxyl groups is 2. The maximum absolute atomic E-state index is 12.5. The van der Waals surface area contributed by atoms with E-state index in [-0.39, 0.29) is 18.5 Å². The molecular formula is C59H113NO5. The molecule has 0 radical (unpaired) electrons. The molecule has 2 unspecified atom stereocenters. The standard InChI is InChI=1S/C59H113NO5/c1-3-5-7-9-11-13-15-17-19-20-21-22-23-24-25-27-31-35-39-43-47-51-57(62)56(55-61)60-58(63)52-48-44-40-36-32-28-26-30-34-38-42-46-50-54-65-59(64)53-49-45-41-37-33-29-18-16-14-12-10-8-6-4-2/h16,18,28,32,56-57,61-62H,3-15,17,19-27,29-31,33-55H2,1-2H3,(H,60,63)/b18-16-,32-28-. The summed E-state index contributed by atoms with van der Waals surface area (Å²) in [7, 11) is 0. The van der Waals surface area contributed by atoms with E-state index < -0.39 is 12.1 Å². The first-order chi connectivity index (χ1) is 32.0. The number of carbonyl (C=O) groups is 2. The summed E-state index contributed by atoms with van der Waals surface area (Å²) >= 11 is 0. The van der Waals surface area contributed by atoms with Crippen molar-refractivity contribution >= 4 is 11.9 Å². The second kappa shape index (κ2) is 54.9. The van der Waals surface area contributed by atoms with E-state index in [1.807, 2.05) is 0 Å².